The summed E-state index contributed by atoms with van der Waals surface area (Å²) in [4.78, 5) is 16.4. The van der Waals surface area contributed by atoms with E-state index in [1.165, 1.54) is 0 Å². The maximum atomic E-state index is 11.9. The summed E-state index contributed by atoms with van der Waals surface area (Å²) in [6, 6.07) is 0.710. The van der Waals surface area contributed by atoms with Crippen LogP contribution in [0.5, 0.6) is 0 Å². The Morgan fingerprint density at radius 2 is 1.77 bits per heavy atom. The summed E-state index contributed by atoms with van der Waals surface area (Å²) in [5.41, 5.74) is 11.1. The van der Waals surface area contributed by atoms with E-state index in [0.717, 1.165) is 37.9 Å². The molecule has 0 aromatic rings. The summed E-state index contributed by atoms with van der Waals surface area (Å²) >= 11 is 1.97. The number of nitrogens with two attached hydrogens (primary N) is 2. The highest BCUT2D eigenvalue weighted by Gasteiger charge is 2.39. The SMILES string of the molecule is NCCCOCCOCCOCCCNC(=O)CCCCC1SCC2NC(N)=NC21. The van der Waals surface area contributed by atoms with Gasteiger partial charge in [0, 0.05) is 37.2 Å². The second-order valence-electron chi connectivity index (χ2n) is 7.56. The number of hydrogen-bond acceptors (Lipinski definition) is 9. The molecule has 1 saturated heterocycles. The van der Waals surface area contributed by atoms with Crippen molar-refractivity contribution < 1.29 is 19.0 Å². The highest BCUT2D eigenvalue weighted by molar-refractivity contribution is 8.00. The molecule has 9 nitrogen and oxygen atoms in total. The number of nitrogens with one attached hydrogen (secondary N) is 2. The molecule has 0 bridgehead atoms. The Bertz CT molecular complexity index is 512. The summed E-state index contributed by atoms with van der Waals surface area (Å²) in [5.74, 6) is 1.77. The van der Waals surface area contributed by atoms with Crippen molar-refractivity contribution in [1.29, 1.82) is 0 Å². The molecule has 30 heavy (non-hydrogen) atoms. The second kappa shape index (κ2) is 15.7. The number of carbonyl (C=O) groups excluding carboxylic acids is 1. The monoisotopic (exact) mass is 445 g/mol. The van der Waals surface area contributed by atoms with Gasteiger partial charge in [-0.05, 0) is 32.2 Å². The highest BCUT2D eigenvalue weighted by Crippen LogP contribution is 2.35. The standard InChI is InChI=1S/C20H39N5O4S/c21-7-3-9-27-11-13-29-14-12-28-10-4-8-23-18(26)6-2-1-5-17-19-16(15-30-17)24-20(22)25-19/h16-17,19H,1-15,21H2,(H,23,26)(H3,22,24,25). The van der Waals surface area contributed by atoms with E-state index in [0.29, 0.717) is 82.4 Å². The lowest BCUT2D eigenvalue weighted by Crippen LogP contribution is -2.38. The Hall–Kier alpha value is -1.07. The van der Waals surface area contributed by atoms with Crippen LogP contribution in [0.4, 0.5) is 0 Å². The lowest BCUT2D eigenvalue weighted by atomic mass is 10.0. The van der Waals surface area contributed by atoms with Gasteiger partial charge in [-0.15, -0.1) is 0 Å². The van der Waals surface area contributed by atoms with E-state index >= 15 is 0 Å². The Morgan fingerprint density at radius 3 is 2.50 bits per heavy atom. The number of unbranched alkanes of at least 4 members (excludes halogenated alkanes) is 1. The molecule has 10 heteroatoms. The predicted molar refractivity (Wildman–Crippen MR) is 121 cm³/mol. The summed E-state index contributed by atoms with van der Waals surface area (Å²) in [5, 5.41) is 6.71. The van der Waals surface area contributed by atoms with Crippen LogP contribution in [0.3, 0.4) is 0 Å². The van der Waals surface area contributed by atoms with Gasteiger partial charge >= 0.3 is 0 Å². The number of hydrogen-bond donors (Lipinski definition) is 4. The molecule has 0 saturated carbocycles. The fourth-order valence-corrected chi connectivity index (χ4v) is 4.99. The van der Waals surface area contributed by atoms with Crippen LogP contribution in [0, 0.1) is 0 Å². The van der Waals surface area contributed by atoms with E-state index in [1.54, 1.807) is 0 Å². The largest absolute Gasteiger partial charge is 0.379 e. The third-order valence-electron chi connectivity index (χ3n) is 5.07. The Morgan fingerprint density at radius 1 is 1.07 bits per heavy atom. The topological polar surface area (TPSA) is 133 Å². The Kier molecular flexibility index (Phi) is 13.2. The van der Waals surface area contributed by atoms with Crippen LogP contribution in [0.15, 0.2) is 4.99 Å². The molecule has 0 aromatic carbocycles. The van der Waals surface area contributed by atoms with Crippen LogP contribution in [-0.2, 0) is 19.0 Å². The lowest BCUT2D eigenvalue weighted by molar-refractivity contribution is -0.121. The van der Waals surface area contributed by atoms with Gasteiger partial charge in [-0.3, -0.25) is 4.79 Å². The van der Waals surface area contributed by atoms with Crippen LogP contribution >= 0.6 is 11.8 Å². The second-order valence-corrected chi connectivity index (χ2v) is 8.83. The van der Waals surface area contributed by atoms with Gasteiger partial charge in [0.25, 0.3) is 0 Å². The molecule has 6 N–H and O–H groups in total. The highest BCUT2D eigenvalue weighted by atomic mass is 32.2. The number of guanidine groups is 1. The van der Waals surface area contributed by atoms with Crippen molar-refractivity contribution in [2.45, 2.75) is 55.9 Å². The molecular formula is C20H39N5O4S. The maximum Gasteiger partial charge on any atom is 0.219 e. The van der Waals surface area contributed by atoms with Gasteiger partial charge in [-0.2, -0.15) is 11.8 Å². The molecule has 0 aromatic heterocycles. The summed E-state index contributed by atoms with van der Waals surface area (Å²) in [6.07, 6.45) is 5.32. The summed E-state index contributed by atoms with van der Waals surface area (Å²) in [6.45, 7) is 4.89. The average molecular weight is 446 g/mol. The number of amides is 1. The minimum absolute atomic E-state index is 0.120. The number of rotatable bonds is 18. The van der Waals surface area contributed by atoms with E-state index < -0.39 is 0 Å². The zero-order chi connectivity index (χ0) is 21.4. The first kappa shape index (κ1) is 25.2. The number of aliphatic imine (C=N–C) groups is 1. The van der Waals surface area contributed by atoms with E-state index in [9.17, 15) is 4.79 Å². The van der Waals surface area contributed by atoms with Gasteiger partial charge in [-0.25, -0.2) is 4.99 Å². The molecule has 1 fully saturated rings. The quantitative estimate of drug-likeness (QED) is 0.220. The number of nitrogens with zero attached hydrogens (tertiary/aromatic N) is 1. The van der Waals surface area contributed by atoms with Crippen LogP contribution in [0.25, 0.3) is 0 Å². The molecule has 2 aliphatic rings. The molecule has 2 rings (SSSR count). The molecule has 0 aliphatic carbocycles. The van der Waals surface area contributed by atoms with Gasteiger partial charge in [0.05, 0.1) is 38.5 Å². The van der Waals surface area contributed by atoms with Gasteiger partial charge < -0.3 is 36.3 Å². The molecule has 0 spiro atoms. The average Bonchev–Trinajstić information content (AvgIpc) is 3.28. The van der Waals surface area contributed by atoms with E-state index in [2.05, 4.69) is 15.6 Å². The molecular weight excluding hydrogens is 406 g/mol. The van der Waals surface area contributed by atoms with Crippen molar-refractivity contribution in [3.05, 3.63) is 0 Å². The van der Waals surface area contributed by atoms with Gasteiger partial charge in [-0.1, -0.05) is 6.42 Å². The first-order valence-electron chi connectivity index (χ1n) is 11.1. The minimum atomic E-state index is 0.120. The van der Waals surface area contributed by atoms with Crippen molar-refractivity contribution in [2.75, 3.05) is 58.5 Å². The molecule has 1 amide bonds. The van der Waals surface area contributed by atoms with Crippen LogP contribution in [0.2, 0.25) is 0 Å². The van der Waals surface area contributed by atoms with Crippen LogP contribution < -0.4 is 22.1 Å². The van der Waals surface area contributed by atoms with Crippen molar-refractivity contribution in [2.24, 2.45) is 16.5 Å². The molecule has 2 aliphatic heterocycles. The zero-order valence-electron chi connectivity index (χ0n) is 18.0. The third-order valence-corrected chi connectivity index (χ3v) is 6.57. The third kappa shape index (κ3) is 10.3. The number of thioether (sulfide) groups is 1. The molecule has 2 heterocycles. The van der Waals surface area contributed by atoms with E-state index in [1.807, 2.05) is 11.8 Å². The van der Waals surface area contributed by atoms with Crippen LogP contribution in [0.1, 0.15) is 38.5 Å². The number of carbonyl (C=O) groups is 1. The van der Waals surface area contributed by atoms with Gasteiger partial charge in [0.15, 0.2) is 5.96 Å². The van der Waals surface area contributed by atoms with E-state index in [4.69, 9.17) is 25.7 Å². The van der Waals surface area contributed by atoms with Gasteiger partial charge in [0.2, 0.25) is 5.91 Å². The normalized spacial score (nSPS) is 22.6. The molecule has 174 valence electrons. The smallest absolute Gasteiger partial charge is 0.219 e. The van der Waals surface area contributed by atoms with Gasteiger partial charge in [0.1, 0.15) is 0 Å². The number of fused-ring (bicyclic) bond motifs is 1. The molecule has 3 atom stereocenters. The first-order valence-corrected chi connectivity index (χ1v) is 12.2. The lowest BCUT2D eigenvalue weighted by Gasteiger charge is -2.14. The predicted octanol–water partition coefficient (Wildman–Crippen LogP) is 0.222. The van der Waals surface area contributed by atoms with Crippen molar-refractivity contribution in [1.82, 2.24) is 10.6 Å². The summed E-state index contributed by atoms with van der Waals surface area (Å²) < 4.78 is 16.2. The Labute approximate surface area is 184 Å². The zero-order valence-corrected chi connectivity index (χ0v) is 18.8. The van der Waals surface area contributed by atoms with Crippen molar-refractivity contribution in [3.63, 3.8) is 0 Å². The van der Waals surface area contributed by atoms with Crippen molar-refractivity contribution >= 4 is 23.6 Å². The first-order chi connectivity index (χ1) is 14.7. The van der Waals surface area contributed by atoms with Crippen LogP contribution in [-0.4, -0.2) is 87.7 Å². The Balaban J connectivity index is 1.31. The fourth-order valence-electron chi connectivity index (χ4n) is 3.47. The minimum Gasteiger partial charge on any atom is -0.379 e. The van der Waals surface area contributed by atoms with Crippen molar-refractivity contribution in [3.8, 4) is 0 Å². The molecule has 3 unspecified atom stereocenters. The summed E-state index contributed by atoms with van der Waals surface area (Å²) in [7, 11) is 0. The van der Waals surface area contributed by atoms with E-state index in [-0.39, 0.29) is 5.91 Å². The maximum absolute atomic E-state index is 11.9. The fraction of sp³-hybridized carbons (Fsp3) is 0.900. The molecule has 0 radical (unpaired) electrons. The number of ether oxygens (including phenoxy) is 3.